The molecule has 8 unspecified atom stereocenters. The van der Waals surface area contributed by atoms with E-state index in [1.165, 1.54) is 144 Å². The predicted octanol–water partition coefficient (Wildman–Crippen LogP) is 22.6. The molecule has 12 heterocycles. The van der Waals surface area contributed by atoms with Crippen molar-refractivity contribution in [1.82, 2.24) is 58.1 Å². The second-order valence-electron chi connectivity index (χ2n) is 46.1. The van der Waals surface area contributed by atoms with E-state index in [9.17, 15) is 20.4 Å². The Hall–Kier alpha value is -12.5. The maximum absolute atomic E-state index is 11.8. The highest BCUT2D eigenvalue weighted by Gasteiger charge is 2.64. The normalized spacial score (nSPS) is 33.1. The van der Waals surface area contributed by atoms with Gasteiger partial charge in [0, 0.05) is 46.4 Å². The van der Waals surface area contributed by atoms with Crippen LogP contribution in [0.3, 0.4) is 0 Å². The van der Waals surface area contributed by atoms with Crippen molar-refractivity contribution in [1.29, 1.82) is 0 Å². The molecule has 0 radical (unpaired) electrons. The van der Waals surface area contributed by atoms with Crippen LogP contribution in [0.2, 0.25) is 0 Å². The minimum atomic E-state index is -0.313. The Kier molecular flexibility index (Phi) is 19.6. The lowest BCUT2D eigenvalue weighted by Crippen LogP contribution is -2.59. The molecule has 0 spiro atoms. The smallest absolute Gasteiger partial charge is 0.295 e. The third-order valence-corrected chi connectivity index (χ3v) is 38.6. The third-order valence-electron chi connectivity index (χ3n) is 38.6. The van der Waals surface area contributed by atoms with Gasteiger partial charge in [-0.15, -0.1) is 0 Å². The van der Waals surface area contributed by atoms with Gasteiger partial charge in [0.25, 0.3) is 24.1 Å². The SMILES string of the molecule is O[C@@H](C[C@@H]1c2ccccc2-c2cncn21)C12CC3CC(C1)C(Nc1nc4ccccc4o1)C(C3)C2.O[C@@H](C[C@H]1c2ccccc2-c2cncn21)C12CC3CC(C1)C(Nc1nc4ccccc4o1)C(C3)C2.O[C@H](C[C@@H]1c2ccccc2-c2cncn21)C12CC3CC(C1)C(Nc1nc4ccccc4o1)C(C3)C2.O[C@H](C[C@H]1c2ccccc2-c2cncn21)C12CC3CC(C1)C(Nc1nc4ccccc4o1)C(C3)C2. The van der Waals surface area contributed by atoms with Crippen molar-refractivity contribution in [2.75, 3.05) is 21.3 Å². The first-order chi connectivity index (χ1) is 68.7. The van der Waals surface area contributed by atoms with Crippen molar-refractivity contribution in [2.45, 2.75) is 227 Å². The summed E-state index contributed by atoms with van der Waals surface area (Å²) in [5.41, 5.74) is 22.1. The van der Waals surface area contributed by atoms with E-state index in [0.717, 1.165) is 145 Å². The summed E-state index contributed by atoms with van der Waals surface area (Å²) < 4.78 is 33.1. The number of aliphatic hydroxyl groups is 4. The maximum atomic E-state index is 11.8. The fourth-order valence-corrected chi connectivity index (χ4v) is 33.8. The lowest BCUT2D eigenvalue weighted by molar-refractivity contribution is -0.129. The van der Waals surface area contributed by atoms with Gasteiger partial charge in [0.15, 0.2) is 22.3 Å². The summed E-state index contributed by atoms with van der Waals surface area (Å²) in [6, 6.07) is 71.1. The molecular weight excluding hydrogens is 1750 g/mol. The monoisotopic (exact) mass is 1860 g/mol. The Morgan fingerprint density at radius 1 is 0.264 bits per heavy atom. The molecule has 24 nitrogen and oxygen atoms in total. The van der Waals surface area contributed by atoms with E-state index in [2.05, 4.69) is 176 Å². The minimum absolute atomic E-state index is 0.0221. The number of nitrogens with one attached hydrogen (secondary N) is 4. The van der Waals surface area contributed by atoms with Gasteiger partial charge in [-0.2, -0.15) is 19.9 Å². The number of anilines is 4. The Morgan fingerprint density at radius 2 is 0.464 bits per heavy atom. The van der Waals surface area contributed by atoms with Crippen molar-refractivity contribution in [3.05, 3.63) is 266 Å². The fraction of sp³-hybridized carbons (Fsp3) is 0.448. The summed E-state index contributed by atoms with van der Waals surface area (Å²) in [6.45, 7) is 0. The van der Waals surface area contributed by atoms with Crippen molar-refractivity contribution in [2.24, 2.45) is 92.7 Å². The van der Waals surface area contributed by atoms with Crippen molar-refractivity contribution < 1.29 is 38.1 Å². The van der Waals surface area contributed by atoms with Gasteiger partial charge in [-0.3, -0.25) is 0 Å². The van der Waals surface area contributed by atoms with Gasteiger partial charge in [-0.25, -0.2) is 19.9 Å². The molecule has 4 aliphatic heterocycles. The van der Waals surface area contributed by atoms with Gasteiger partial charge in [0.2, 0.25) is 0 Å². The highest BCUT2D eigenvalue weighted by atomic mass is 16.4. The number of oxazole rings is 4. The number of nitrogens with zero attached hydrogens (tertiary/aromatic N) is 12. The number of para-hydroxylation sites is 8. The second-order valence-corrected chi connectivity index (χ2v) is 46.1. The van der Waals surface area contributed by atoms with Crippen LogP contribution in [-0.4, -0.2) is 127 Å². The zero-order valence-corrected chi connectivity index (χ0v) is 78.7. The summed E-state index contributed by atoms with van der Waals surface area (Å²) in [4.78, 5) is 36.4. The second kappa shape index (κ2) is 32.5. The number of aliphatic hydroxyl groups excluding tert-OH is 4. The quantitative estimate of drug-likeness (QED) is 0.0352. The molecule has 20 aliphatic rings. The van der Waals surface area contributed by atoms with Gasteiger partial charge in [-0.1, -0.05) is 146 Å². The molecule has 16 aromatic rings. The molecule has 140 heavy (non-hydrogen) atoms. The first kappa shape index (κ1) is 84.4. The first-order valence-corrected chi connectivity index (χ1v) is 52.3. The molecule has 712 valence electrons. The molecule has 0 saturated heterocycles. The third kappa shape index (κ3) is 13.8. The Morgan fingerprint density at radius 3 is 0.679 bits per heavy atom. The number of hydrogen-bond donors (Lipinski definition) is 8. The average Bonchev–Trinajstić information content (AvgIpc) is 1.30. The fourth-order valence-electron chi connectivity index (χ4n) is 33.8. The number of fused-ring (bicyclic) bond motifs is 16. The largest absolute Gasteiger partial charge is 0.424 e. The first-order valence-electron chi connectivity index (χ1n) is 52.3. The van der Waals surface area contributed by atoms with Crippen LogP contribution in [0.15, 0.2) is 262 Å². The van der Waals surface area contributed by atoms with E-state index in [1.54, 1.807) is 0 Å². The molecule has 8 aromatic carbocycles. The molecule has 16 bridgehead atoms. The molecule has 8 N–H and O–H groups in total. The van der Waals surface area contributed by atoms with Crippen molar-refractivity contribution >= 4 is 68.5 Å². The summed E-state index contributed by atoms with van der Waals surface area (Å²) in [5.74, 6) is 7.39. The molecule has 36 rings (SSSR count). The summed E-state index contributed by atoms with van der Waals surface area (Å²) in [6.07, 6.45) is 40.7. The maximum Gasteiger partial charge on any atom is 0.295 e. The van der Waals surface area contributed by atoms with E-state index in [4.69, 9.17) is 17.7 Å². The molecule has 24 heteroatoms. The number of hydrogen-bond acceptors (Lipinski definition) is 20. The van der Waals surface area contributed by atoms with E-state index in [-0.39, 0.29) is 70.2 Å². The van der Waals surface area contributed by atoms with Crippen molar-refractivity contribution in [3.63, 3.8) is 0 Å². The number of rotatable bonds is 20. The average molecular weight is 1870 g/mol. The van der Waals surface area contributed by atoms with Crippen LogP contribution >= 0.6 is 0 Å². The van der Waals surface area contributed by atoms with Crippen LogP contribution < -0.4 is 21.3 Å². The van der Waals surface area contributed by atoms with Crippen LogP contribution in [0.1, 0.15) is 201 Å². The minimum Gasteiger partial charge on any atom is -0.424 e. The van der Waals surface area contributed by atoms with E-state index in [1.807, 2.05) is 147 Å². The number of imidazole rings is 4. The van der Waals surface area contributed by atoms with Gasteiger partial charge >= 0.3 is 0 Å². The molecule has 16 atom stereocenters. The predicted molar refractivity (Wildman–Crippen MR) is 535 cm³/mol. The van der Waals surface area contributed by atoms with E-state index in [0.29, 0.717) is 95.6 Å². The summed E-state index contributed by atoms with van der Waals surface area (Å²) in [7, 11) is 0. The lowest BCUT2D eigenvalue weighted by atomic mass is 9.46. The summed E-state index contributed by atoms with van der Waals surface area (Å²) in [5, 5.41) is 62.2. The van der Waals surface area contributed by atoms with Gasteiger partial charge in [0.1, 0.15) is 22.1 Å². The van der Waals surface area contributed by atoms with E-state index < -0.39 is 0 Å². The van der Waals surface area contributed by atoms with Crippen LogP contribution in [0, 0.1) is 92.7 Å². The zero-order chi connectivity index (χ0) is 92.6. The van der Waals surface area contributed by atoms with Crippen molar-refractivity contribution in [3.8, 4) is 45.0 Å². The zero-order valence-electron chi connectivity index (χ0n) is 78.7. The number of benzene rings is 8. The Labute approximate surface area is 812 Å². The van der Waals surface area contributed by atoms with Crippen LogP contribution in [0.5, 0.6) is 0 Å². The lowest BCUT2D eigenvalue weighted by Gasteiger charge is -2.61. The Bertz CT molecular complexity index is 6360. The molecule has 16 aliphatic carbocycles. The Balaban J connectivity index is 0.0000000896. The standard InChI is InChI=1S/4C29H30N4O2/c4*34-26(11-23-20-5-1-2-6-21(20)24-15-30-16-33(23)24)29-12-17-9-18(13-29)27(19(10-17)14-29)32-28-31-22-7-3-4-8-25(22)35-28/h4*1-8,15-19,23,26-27,34H,9-14H2,(H,31,32)/t2*17?,18?,19?,23-,26+,27?,29?;2*17?,18?,19?,23-,26-,27?,29?/m1010/s1. The highest BCUT2D eigenvalue weighted by molar-refractivity contribution is 5.78. The molecule has 16 fully saturated rings. The van der Waals surface area contributed by atoms with Gasteiger partial charge in [-0.05, 0) is 318 Å². The molecular formula is C116H120N16O8. The molecule has 16 saturated carbocycles. The summed E-state index contributed by atoms with van der Waals surface area (Å²) >= 11 is 0. The highest BCUT2D eigenvalue weighted by Crippen LogP contribution is 2.69. The molecule has 8 aromatic heterocycles. The van der Waals surface area contributed by atoms with Crippen LogP contribution in [-0.2, 0) is 0 Å². The van der Waals surface area contributed by atoms with Crippen LogP contribution in [0.4, 0.5) is 24.1 Å². The number of aromatic nitrogens is 12. The topological polar surface area (TPSA) is 304 Å². The van der Waals surface area contributed by atoms with Crippen LogP contribution in [0.25, 0.3) is 89.4 Å². The van der Waals surface area contributed by atoms with Gasteiger partial charge in [0.05, 0.1) is 121 Å². The molecule has 0 amide bonds. The van der Waals surface area contributed by atoms with Gasteiger partial charge < -0.3 is 77.6 Å². The van der Waals surface area contributed by atoms with E-state index >= 15 is 0 Å².